The molecule has 0 aliphatic rings. The van der Waals surface area contributed by atoms with E-state index in [9.17, 15) is 0 Å². The highest BCUT2D eigenvalue weighted by Gasteiger charge is 1.97. The van der Waals surface area contributed by atoms with E-state index in [2.05, 4.69) is 47.6 Å². The smallest absolute Gasteiger partial charge is 0.0239 e. The van der Waals surface area contributed by atoms with Crippen LogP contribution in [0.15, 0.2) is 28.7 Å². The normalized spacial score (nSPS) is 13.1. The molecule has 0 saturated heterocycles. The Morgan fingerprint density at radius 2 is 2.20 bits per heavy atom. The van der Waals surface area contributed by atoms with Gasteiger partial charge in [0.15, 0.2) is 0 Å². The van der Waals surface area contributed by atoms with Crippen molar-refractivity contribution in [3.63, 3.8) is 0 Å². The lowest BCUT2D eigenvalue weighted by Gasteiger charge is -2.02. The fraction of sp³-hybridized carbons (Fsp3) is 0.250. The van der Waals surface area contributed by atoms with Crippen LogP contribution in [0.3, 0.4) is 0 Å². The standard InChI is InChI=1S/C8H9BrS/c1-6(10)7-3-2-4-8(9)5-7/h2-6,10H,1H3/t6-/m1/s1. The van der Waals surface area contributed by atoms with Crippen LogP contribution < -0.4 is 0 Å². The first-order valence-corrected chi connectivity index (χ1v) is 4.44. The summed E-state index contributed by atoms with van der Waals surface area (Å²) < 4.78 is 1.12. The van der Waals surface area contributed by atoms with Crippen LogP contribution in [0.1, 0.15) is 17.7 Å². The maximum atomic E-state index is 4.31. The van der Waals surface area contributed by atoms with Gasteiger partial charge in [-0.25, -0.2) is 0 Å². The number of thiol groups is 1. The van der Waals surface area contributed by atoms with Gasteiger partial charge in [-0.15, -0.1) is 0 Å². The zero-order valence-electron chi connectivity index (χ0n) is 5.71. The first kappa shape index (κ1) is 8.15. The van der Waals surface area contributed by atoms with Gasteiger partial charge in [0.05, 0.1) is 0 Å². The predicted octanol–water partition coefficient (Wildman–Crippen LogP) is 3.44. The highest BCUT2D eigenvalue weighted by atomic mass is 79.9. The zero-order valence-corrected chi connectivity index (χ0v) is 8.19. The van der Waals surface area contributed by atoms with E-state index in [-0.39, 0.29) is 0 Å². The Bertz CT molecular complexity index is 220. The van der Waals surface area contributed by atoms with E-state index in [1.54, 1.807) is 0 Å². The Morgan fingerprint density at radius 3 is 2.60 bits per heavy atom. The fourth-order valence-electron chi connectivity index (χ4n) is 0.766. The van der Waals surface area contributed by atoms with Crippen molar-refractivity contribution in [3.8, 4) is 0 Å². The molecule has 0 N–H and O–H groups in total. The minimum absolute atomic E-state index is 0.317. The molecule has 1 aromatic carbocycles. The maximum Gasteiger partial charge on any atom is 0.0239 e. The zero-order chi connectivity index (χ0) is 7.56. The Balaban J connectivity index is 2.96. The van der Waals surface area contributed by atoms with E-state index < -0.39 is 0 Å². The molecule has 0 saturated carbocycles. The summed E-state index contributed by atoms with van der Waals surface area (Å²) in [4.78, 5) is 0. The molecule has 0 fully saturated rings. The molecular weight excluding hydrogens is 208 g/mol. The molecule has 1 atom stereocenters. The van der Waals surface area contributed by atoms with E-state index in [1.807, 2.05) is 12.1 Å². The van der Waals surface area contributed by atoms with Crippen molar-refractivity contribution in [1.82, 2.24) is 0 Å². The molecule has 2 heteroatoms. The van der Waals surface area contributed by atoms with Gasteiger partial charge in [0.25, 0.3) is 0 Å². The molecule has 0 aliphatic heterocycles. The van der Waals surface area contributed by atoms with Crippen LogP contribution in [0.4, 0.5) is 0 Å². The second-order valence-electron chi connectivity index (χ2n) is 2.23. The molecule has 0 heterocycles. The summed E-state index contributed by atoms with van der Waals surface area (Å²) in [5, 5.41) is 0.317. The molecule has 1 aromatic rings. The molecule has 0 bridgehead atoms. The summed E-state index contributed by atoms with van der Waals surface area (Å²) in [5.74, 6) is 0. The minimum Gasteiger partial charge on any atom is -0.171 e. The van der Waals surface area contributed by atoms with Crippen molar-refractivity contribution in [2.75, 3.05) is 0 Å². The lowest BCUT2D eigenvalue weighted by Crippen LogP contribution is -1.81. The highest BCUT2D eigenvalue weighted by molar-refractivity contribution is 9.10. The molecule has 1 rings (SSSR count). The van der Waals surface area contributed by atoms with E-state index >= 15 is 0 Å². The second kappa shape index (κ2) is 3.44. The van der Waals surface area contributed by atoms with E-state index in [1.165, 1.54) is 5.56 Å². The molecule has 0 unspecified atom stereocenters. The number of rotatable bonds is 1. The van der Waals surface area contributed by atoms with Gasteiger partial charge >= 0.3 is 0 Å². The van der Waals surface area contributed by atoms with Crippen molar-refractivity contribution < 1.29 is 0 Å². The first-order chi connectivity index (χ1) is 4.70. The molecule has 0 nitrogen and oxygen atoms in total. The van der Waals surface area contributed by atoms with Crippen LogP contribution in [0.5, 0.6) is 0 Å². The summed E-state index contributed by atoms with van der Waals surface area (Å²) in [7, 11) is 0. The van der Waals surface area contributed by atoms with Gasteiger partial charge in [-0.1, -0.05) is 28.1 Å². The van der Waals surface area contributed by atoms with Crippen LogP contribution in [-0.2, 0) is 0 Å². The molecule has 54 valence electrons. The highest BCUT2D eigenvalue weighted by Crippen LogP contribution is 2.21. The number of benzene rings is 1. The summed E-state index contributed by atoms with van der Waals surface area (Å²) >= 11 is 7.71. The van der Waals surface area contributed by atoms with Gasteiger partial charge in [0.1, 0.15) is 0 Å². The van der Waals surface area contributed by atoms with E-state index in [0.29, 0.717) is 5.25 Å². The van der Waals surface area contributed by atoms with Crippen LogP contribution in [0.25, 0.3) is 0 Å². The van der Waals surface area contributed by atoms with Gasteiger partial charge < -0.3 is 0 Å². The number of hydrogen-bond acceptors (Lipinski definition) is 1. The van der Waals surface area contributed by atoms with E-state index in [4.69, 9.17) is 0 Å². The van der Waals surface area contributed by atoms with Gasteiger partial charge in [0, 0.05) is 9.72 Å². The average Bonchev–Trinajstić information content (AvgIpc) is 1.88. The number of halogens is 1. The second-order valence-corrected chi connectivity index (χ2v) is 3.92. The van der Waals surface area contributed by atoms with Crippen LogP contribution in [0.2, 0.25) is 0 Å². The molecular formula is C8H9BrS. The van der Waals surface area contributed by atoms with Gasteiger partial charge in [0.2, 0.25) is 0 Å². The van der Waals surface area contributed by atoms with Gasteiger partial charge in [-0.3, -0.25) is 0 Å². The quantitative estimate of drug-likeness (QED) is 0.684. The number of hydrogen-bond donors (Lipinski definition) is 1. The van der Waals surface area contributed by atoms with Crippen molar-refractivity contribution in [1.29, 1.82) is 0 Å². The predicted molar refractivity (Wildman–Crippen MR) is 51.5 cm³/mol. The first-order valence-electron chi connectivity index (χ1n) is 3.13. The molecule has 10 heavy (non-hydrogen) atoms. The molecule has 0 amide bonds. The summed E-state index contributed by atoms with van der Waals surface area (Å²) in [6.07, 6.45) is 0. The van der Waals surface area contributed by atoms with Crippen LogP contribution in [0, 0.1) is 0 Å². The topological polar surface area (TPSA) is 0 Å². The Morgan fingerprint density at radius 1 is 1.50 bits per heavy atom. The third-order valence-electron chi connectivity index (χ3n) is 1.33. The fourth-order valence-corrected chi connectivity index (χ4v) is 1.34. The van der Waals surface area contributed by atoms with Gasteiger partial charge in [-0.05, 0) is 24.6 Å². The summed E-state index contributed by atoms with van der Waals surface area (Å²) in [5.41, 5.74) is 1.25. The Hall–Kier alpha value is 0.0500. The lowest BCUT2D eigenvalue weighted by atomic mass is 10.2. The minimum atomic E-state index is 0.317. The summed E-state index contributed by atoms with van der Waals surface area (Å²) in [6, 6.07) is 8.19. The maximum absolute atomic E-state index is 4.31. The average molecular weight is 217 g/mol. The molecule has 0 aliphatic carbocycles. The van der Waals surface area contributed by atoms with Crippen LogP contribution >= 0.6 is 28.6 Å². The molecule has 0 radical (unpaired) electrons. The summed E-state index contributed by atoms with van der Waals surface area (Å²) in [6.45, 7) is 2.06. The van der Waals surface area contributed by atoms with Crippen molar-refractivity contribution >= 4 is 28.6 Å². The Kier molecular flexibility index (Phi) is 2.81. The monoisotopic (exact) mass is 216 g/mol. The van der Waals surface area contributed by atoms with Crippen molar-refractivity contribution in [3.05, 3.63) is 34.3 Å². The third-order valence-corrected chi connectivity index (χ3v) is 2.12. The van der Waals surface area contributed by atoms with Crippen LogP contribution in [-0.4, -0.2) is 0 Å². The van der Waals surface area contributed by atoms with Crippen molar-refractivity contribution in [2.45, 2.75) is 12.2 Å². The van der Waals surface area contributed by atoms with E-state index in [0.717, 1.165) is 4.47 Å². The molecule has 0 aromatic heterocycles. The van der Waals surface area contributed by atoms with Gasteiger partial charge in [-0.2, -0.15) is 12.6 Å². The third kappa shape index (κ3) is 2.03. The van der Waals surface area contributed by atoms with Crippen molar-refractivity contribution in [2.24, 2.45) is 0 Å². The SMILES string of the molecule is C[C@@H](S)c1cccc(Br)c1. The largest absolute Gasteiger partial charge is 0.171 e. The molecule has 0 spiro atoms. The Labute approximate surface area is 75.2 Å². The lowest BCUT2D eigenvalue weighted by molar-refractivity contribution is 1.11.